The van der Waals surface area contributed by atoms with Gasteiger partial charge in [0, 0.05) is 23.4 Å². The number of pyridine rings is 1. The third kappa shape index (κ3) is 4.45. The fraction of sp³-hybridized carbons (Fsp3) is 0.115. The van der Waals surface area contributed by atoms with E-state index in [2.05, 4.69) is 27.2 Å². The van der Waals surface area contributed by atoms with Crippen molar-refractivity contribution in [3.05, 3.63) is 94.4 Å². The topological polar surface area (TPSA) is 78.3 Å². The summed E-state index contributed by atoms with van der Waals surface area (Å²) in [5, 5.41) is 7.32. The molecule has 0 spiro atoms. The molecule has 168 valence electrons. The van der Waals surface area contributed by atoms with Crippen LogP contribution in [0.25, 0.3) is 5.69 Å². The Balaban J connectivity index is 1.38. The molecule has 0 radical (unpaired) electrons. The lowest BCUT2D eigenvalue weighted by Gasteiger charge is -2.19. The van der Waals surface area contributed by atoms with E-state index in [1.807, 2.05) is 43.3 Å². The Morgan fingerprint density at radius 2 is 1.76 bits per heavy atom. The lowest BCUT2D eigenvalue weighted by atomic mass is 10.1. The molecule has 1 amide bonds. The van der Waals surface area contributed by atoms with Gasteiger partial charge in [0.1, 0.15) is 19.0 Å². The second kappa shape index (κ2) is 9.30. The van der Waals surface area contributed by atoms with Crippen LogP contribution in [0.3, 0.4) is 0 Å². The van der Waals surface area contributed by atoms with Gasteiger partial charge in [0.2, 0.25) is 0 Å². The van der Waals surface area contributed by atoms with Crippen LogP contribution >= 0.6 is 11.6 Å². The molecule has 5 rings (SSSR count). The average Bonchev–Trinajstić information content (AvgIpc) is 3.26. The van der Waals surface area contributed by atoms with E-state index in [0.29, 0.717) is 36.2 Å². The first-order valence-corrected chi connectivity index (χ1v) is 10.9. The van der Waals surface area contributed by atoms with Crippen molar-refractivity contribution in [2.24, 2.45) is 0 Å². The summed E-state index contributed by atoms with van der Waals surface area (Å²) >= 11 is 6.33. The molecule has 7 nitrogen and oxygen atoms in total. The van der Waals surface area contributed by atoms with Crippen LogP contribution in [0.5, 0.6) is 11.5 Å². The normalized spacial score (nSPS) is 11.9. The Hall–Kier alpha value is -4.28. The van der Waals surface area contributed by atoms with E-state index in [1.165, 1.54) is 10.9 Å². The molecule has 0 aliphatic carbocycles. The monoisotopic (exact) mass is 470 g/mol. The van der Waals surface area contributed by atoms with Crippen LogP contribution in [0.15, 0.2) is 67.0 Å². The molecule has 3 heterocycles. The summed E-state index contributed by atoms with van der Waals surface area (Å²) in [6, 6.07) is 16.9. The summed E-state index contributed by atoms with van der Waals surface area (Å²) < 4.78 is 12.7. The summed E-state index contributed by atoms with van der Waals surface area (Å²) in [6.45, 7) is 2.81. The first-order chi connectivity index (χ1) is 16.6. The number of anilines is 1. The highest BCUT2D eigenvalue weighted by Crippen LogP contribution is 2.33. The van der Waals surface area contributed by atoms with Gasteiger partial charge in [0.05, 0.1) is 16.9 Å². The number of ether oxygens (including phenoxy) is 2. The number of benzene rings is 2. The zero-order valence-corrected chi connectivity index (χ0v) is 19.0. The number of rotatable bonds is 3. The van der Waals surface area contributed by atoms with Gasteiger partial charge in [-0.15, -0.1) is 0 Å². The molecule has 0 fully saturated rings. The Labute approximate surface area is 201 Å². The number of carbonyl (C=O) groups excluding carboxylic acids is 1. The van der Waals surface area contributed by atoms with Gasteiger partial charge in [-0.1, -0.05) is 41.6 Å². The molecular formula is C26H19ClN4O3. The van der Waals surface area contributed by atoms with E-state index in [9.17, 15) is 4.79 Å². The minimum absolute atomic E-state index is 0.187. The average molecular weight is 471 g/mol. The summed E-state index contributed by atoms with van der Waals surface area (Å²) in [4.78, 5) is 17.5. The number of nitrogens with one attached hydrogen (secondary N) is 1. The maximum Gasteiger partial charge on any atom is 0.277 e. The van der Waals surface area contributed by atoms with E-state index in [1.54, 1.807) is 24.4 Å². The molecule has 8 heteroatoms. The van der Waals surface area contributed by atoms with E-state index < -0.39 is 5.91 Å². The van der Waals surface area contributed by atoms with Gasteiger partial charge in [-0.2, -0.15) is 5.10 Å². The molecule has 4 aromatic rings. The lowest BCUT2D eigenvalue weighted by molar-refractivity contribution is 0.101. The van der Waals surface area contributed by atoms with Gasteiger partial charge in [0.15, 0.2) is 17.2 Å². The maximum absolute atomic E-state index is 13.1. The van der Waals surface area contributed by atoms with Crippen LogP contribution in [0.4, 0.5) is 5.82 Å². The molecular weight excluding hydrogens is 452 g/mol. The second-order valence-electron chi connectivity index (χ2n) is 7.54. The number of nitrogens with zero attached hydrogens (tertiary/aromatic N) is 3. The number of hydrogen-bond acceptors (Lipinski definition) is 5. The Bertz CT molecular complexity index is 1440. The SMILES string of the molecule is Cc1cc(C#Cc2ccccc2)cnc1NC(=O)c1c(Cl)cnn1-c1ccc2c(c1)OCCO2. The molecule has 2 aromatic heterocycles. The highest BCUT2D eigenvalue weighted by atomic mass is 35.5. The van der Waals surface area contributed by atoms with Crippen LogP contribution in [-0.4, -0.2) is 33.9 Å². The molecule has 2 aromatic carbocycles. The molecule has 0 unspecified atom stereocenters. The van der Waals surface area contributed by atoms with Crippen molar-refractivity contribution < 1.29 is 14.3 Å². The zero-order valence-electron chi connectivity index (χ0n) is 18.2. The van der Waals surface area contributed by atoms with Crippen molar-refractivity contribution >= 4 is 23.3 Å². The van der Waals surface area contributed by atoms with E-state index in [0.717, 1.165) is 16.7 Å². The number of amides is 1. The number of aryl methyl sites for hydroxylation is 1. The quantitative estimate of drug-likeness (QED) is 0.441. The fourth-order valence-electron chi connectivity index (χ4n) is 3.50. The predicted molar refractivity (Wildman–Crippen MR) is 129 cm³/mol. The first kappa shape index (κ1) is 21.6. The third-order valence-electron chi connectivity index (χ3n) is 5.15. The number of fused-ring (bicyclic) bond motifs is 1. The second-order valence-corrected chi connectivity index (χ2v) is 7.95. The standard InChI is InChI=1S/C26H19ClN4O3/c1-17-13-19(8-7-18-5-3-2-4-6-18)15-28-25(17)30-26(32)24-21(27)16-29-31(24)20-9-10-22-23(14-20)34-12-11-33-22/h2-6,9-10,13-16H,11-12H2,1H3,(H,28,30,32). The van der Waals surface area contributed by atoms with E-state index in [-0.39, 0.29) is 10.7 Å². The minimum Gasteiger partial charge on any atom is -0.486 e. The van der Waals surface area contributed by atoms with Gasteiger partial charge in [0.25, 0.3) is 5.91 Å². The third-order valence-corrected chi connectivity index (χ3v) is 5.42. The Kier molecular flexibility index (Phi) is 5.90. The highest BCUT2D eigenvalue weighted by Gasteiger charge is 2.21. The molecule has 34 heavy (non-hydrogen) atoms. The van der Waals surface area contributed by atoms with Crippen LogP contribution in [-0.2, 0) is 0 Å². The Morgan fingerprint density at radius 1 is 1.00 bits per heavy atom. The van der Waals surface area contributed by atoms with Crippen molar-refractivity contribution in [2.75, 3.05) is 18.5 Å². The Morgan fingerprint density at radius 3 is 2.56 bits per heavy atom. The highest BCUT2D eigenvalue weighted by molar-refractivity contribution is 6.34. The first-order valence-electron chi connectivity index (χ1n) is 10.6. The number of aromatic nitrogens is 3. The summed E-state index contributed by atoms with van der Waals surface area (Å²) in [7, 11) is 0. The van der Waals surface area contributed by atoms with E-state index >= 15 is 0 Å². The maximum atomic E-state index is 13.1. The van der Waals surface area contributed by atoms with Gasteiger partial charge in [-0.25, -0.2) is 9.67 Å². The zero-order chi connectivity index (χ0) is 23.5. The van der Waals surface area contributed by atoms with Gasteiger partial charge >= 0.3 is 0 Å². The fourth-order valence-corrected chi connectivity index (χ4v) is 3.71. The smallest absolute Gasteiger partial charge is 0.277 e. The largest absolute Gasteiger partial charge is 0.486 e. The molecule has 0 saturated heterocycles. The number of halogens is 1. The molecule has 1 N–H and O–H groups in total. The molecule has 1 aliphatic heterocycles. The molecule has 1 aliphatic rings. The van der Waals surface area contributed by atoms with Crippen molar-refractivity contribution in [3.8, 4) is 29.0 Å². The summed E-state index contributed by atoms with van der Waals surface area (Å²) in [5.41, 5.74) is 3.25. The van der Waals surface area contributed by atoms with Crippen molar-refractivity contribution in [3.63, 3.8) is 0 Å². The van der Waals surface area contributed by atoms with Gasteiger partial charge < -0.3 is 14.8 Å². The van der Waals surface area contributed by atoms with Crippen molar-refractivity contribution in [1.82, 2.24) is 14.8 Å². The van der Waals surface area contributed by atoms with Gasteiger partial charge in [-0.3, -0.25) is 4.79 Å². The van der Waals surface area contributed by atoms with Crippen molar-refractivity contribution in [1.29, 1.82) is 0 Å². The van der Waals surface area contributed by atoms with E-state index in [4.69, 9.17) is 21.1 Å². The number of carbonyl (C=O) groups is 1. The minimum atomic E-state index is -0.434. The lowest BCUT2D eigenvalue weighted by Crippen LogP contribution is -2.19. The van der Waals surface area contributed by atoms with Crippen LogP contribution < -0.4 is 14.8 Å². The summed E-state index contributed by atoms with van der Waals surface area (Å²) in [6.07, 6.45) is 3.05. The number of hydrogen-bond donors (Lipinski definition) is 1. The molecule has 0 saturated carbocycles. The van der Waals surface area contributed by atoms with Crippen molar-refractivity contribution in [2.45, 2.75) is 6.92 Å². The molecule has 0 atom stereocenters. The van der Waals surface area contributed by atoms with Gasteiger partial charge in [-0.05, 0) is 42.8 Å². The van der Waals surface area contributed by atoms with Crippen LogP contribution in [0.1, 0.15) is 27.2 Å². The molecule has 0 bridgehead atoms. The van der Waals surface area contributed by atoms with Crippen LogP contribution in [0, 0.1) is 18.8 Å². The summed E-state index contributed by atoms with van der Waals surface area (Å²) in [5.74, 6) is 7.41. The predicted octanol–water partition coefficient (Wildman–Crippen LogP) is 4.65. The van der Waals surface area contributed by atoms with Crippen LogP contribution in [0.2, 0.25) is 5.02 Å².